The minimum atomic E-state index is -3.08. The van der Waals surface area contributed by atoms with Crippen molar-refractivity contribution in [2.24, 2.45) is 0 Å². The number of nitrogens with zero attached hydrogens (tertiary/aromatic N) is 1. The molecule has 1 N–H and O–H groups in total. The Balaban J connectivity index is 2.23. The number of aryl methyl sites for hydroxylation is 2. The first-order chi connectivity index (χ1) is 9.28. The van der Waals surface area contributed by atoms with E-state index in [1.54, 1.807) is 4.90 Å². The van der Waals surface area contributed by atoms with E-state index in [4.69, 9.17) is 0 Å². The van der Waals surface area contributed by atoms with Crippen LogP contribution in [0.4, 0.5) is 0 Å². The van der Waals surface area contributed by atoms with Gasteiger partial charge >= 0.3 is 0 Å². The fourth-order valence-corrected chi connectivity index (χ4v) is 3.00. The number of nitrogens with one attached hydrogen (secondary N) is 1. The normalized spacial score (nSPS) is 19.6. The van der Waals surface area contributed by atoms with Crippen molar-refractivity contribution in [3.8, 4) is 0 Å². The molecule has 0 aliphatic carbocycles. The second kappa shape index (κ2) is 5.54. The fourth-order valence-electron chi connectivity index (χ4n) is 2.47. The molecule has 0 radical (unpaired) electrons. The average molecular weight is 296 g/mol. The van der Waals surface area contributed by atoms with Crippen LogP contribution in [0.15, 0.2) is 18.2 Å². The lowest BCUT2D eigenvalue weighted by Crippen LogP contribution is -2.34. The lowest BCUT2D eigenvalue weighted by atomic mass is 10.0. The standard InChI is InChI=1S/C14H20N2O3S/c1-10-4-5-12(11(2)8-10)14-15-9-13(17)16(14)6-7-20(3,18)19/h4-5,8,14-15H,6-7,9H2,1-3H3. The van der Waals surface area contributed by atoms with Crippen LogP contribution in [0.5, 0.6) is 0 Å². The van der Waals surface area contributed by atoms with E-state index in [0.29, 0.717) is 0 Å². The van der Waals surface area contributed by atoms with E-state index in [9.17, 15) is 13.2 Å². The van der Waals surface area contributed by atoms with Crippen LogP contribution in [0.25, 0.3) is 0 Å². The Morgan fingerprint density at radius 3 is 2.65 bits per heavy atom. The lowest BCUT2D eigenvalue weighted by Gasteiger charge is -2.25. The highest BCUT2D eigenvalue weighted by atomic mass is 32.2. The molecule has 0 aromatic heterocycles. The van der Waals surface area contributed by atoms with Crippen molar-refractivity contribution < 1.29 is 13.2 Å². The molecule has 110 valence electrons. The Kier molecular flexibility index (Phi) is 4.15. The number of rotatable bonds is 4. The second-order valence-electron chi connectivity index (χ2n) is 5.36. The first-order valence-corrected chi connectivity index (χ1v) is 8.62. The molecule has 0 spiro atoms. The monoisotopic (exact) mass is 296 g/mol. The van der Waals surface area contributed by atoms with E-state index in [2.05, 4.69) is 11.4 Å². The average Bonchev–Trinajstić information content (AvgIpc) is 2.67. The lowest BCUT2D eigenvalue weighted by molar-refractivity contribution is -0.127. The number of benzene rings is 1. The smallest absolute Gasteiger partial charge is 0.238 e. The predicted molar refractivity (Wildman–Crippen MR) is 78.1 cm³/mol. The Bertz CT molecular complexity index is 625. The number of hydrogen-bond acceptors (Lipinski definition) is 4. The van der Waals surface area contributed by atoms with Gasteiger partial charge in [-0.05, 0) is 25.0 Å². The highest BCUT2D eigenvalue weighted by Crippen LogP contribution is 2.25. The van der Waals surface area contributed by atoms with Gasteiger partial charge in [0.1, 0.15) is 16.0 Å². The minimum Gasteiger partial charge on any atom is -0.321 e. The van der Waals surface area contributed by atoms with Gasteiger partial charge in [0.2, 0.25) is 5.91 Å². The van der Waals surface area contributed by atoms with Gasteiger partial charge in [-0.25, -0.2) is 8.42 Å². The number of sulfone groups is 1. The van der Waals surface area contributed by atoms with E-state index in [-0.39, 0.29) is 30.9 Å². The van der Waals surface area contributed by atoms with Crippen molar-refractivity contribution in [1.82, 2.24) is 10.2 Å². The molecule has 1 aliphatic rings. The van der Waals surface area contributed by atoms with Crippen LogP contribution in [-0.2, 0) is 14.6 Å². The summed E-state index contributed by atoms with van der Waals surface area (Å²) in [7, 11) is -3.08. The molecule has 1 atom stereocenters. The van der Waals surface area contributed by atoms with E-state index in [1.165, 1.54) is 11.8 Å². The first-order valence-electron chi connectivity index (χ1n) is 6.55. The molecule has 6 heteroatoms. The maximum Gasteiger partial charge on any atom is 0.238 e. The van der Waals surface area contributed by atoms with Gasteiger partial charge in [-0.2, -0.15) is 0 Å². The molecule has 1 amide bonds. The van der Waals surface area contributed by atoms with Crippen molar-refractivity contribution in [3.05, 3.63) is 34.9 Å². The van der Waals surface area contributed by atoms with Crippen molar-refractivity contribution in [2.45, 2.75) is 20.0 Å². The van der Waals surface area contributed by atoms with Gasteiger partial charge in [-0.1, -0.05) is 23.8 Å². The number of amides is 1. The Hall–Kier alpha value is -1.40. The quantitative estimate of drug-likeness (QED) is 0.891. The van der Waals surface area contributed by atoms with Gasteiger partial charge in [0.15, 0.2) is 0 Å². The molecule has 1 saturated heterocycles. The minimum absolute atomic E-state index is 0.0121. The van der Waals surface area contributed by atoms with Gasteiger partial charge in [-0.15, -0.1) is 0 Å². The molecule has 1 fully saturated rings. The zero-order valence-electron chi connectivity index (χ0n) is 12.0. The van der Waals surface area contributed by atoms with Crippen LogP contribution in [0, 0.1) is 13.8 Å². The van der Waals surface area contributed by atoms with Crippen LogP contribution in [-0.4, -0.2) is 44.3 Å². The molecule has 1 aromatic carbocycles. The molecule has 20 heavy (non-hydrogen) atoms. The Morgan fingerprint density at radius 1 is 1.35 bits per heavy atom. The number of carbonyl (C=O) groups excluding carboxylic acids is 1. The largest absolute Gasteiger partial charge is 0.321 e. The van der Waals surface area contributed by atoms with Crippen molar-refractivity contribution in [1.29, 1.82) is 0 Å². The fraction of sp³-hybridized carbons (Fsp3) is 0.500. The van der Waals surface area contributed by atoms with Crippen LogP contribution in [0.1, 0.15) is 22.9 Å². The van der Waals surface area contributed by atoms with Crippen LogP contribution in [0.2, 0.25) is 0 Å². The zero-order valence-corrected chi connectivity index (χ0v) is 12.8. The molecule has 5 nitrogen and oxygen atoms in total. The summed E-state index contributed by atoms with van der Waals surface area (Å²) >= 11 is 0. The molecule has 1 unspecified atom stereocenters. The molecule has 1 aromatic rings. The summed E-state index contributed by atoms with van der Waals surface area (Å²) in [4.78, 5) is 13.5. The van der Waals surface area contributed by atoms with E-state index in [0.717, 1.165) is 11.1 Å². The third kappa shape index (κ3) is 3.37. The molecule has 1 aliphatic heterocycles. The van der Waals surface area contributed by atoms with E-state index < -0.39 is 9.84 Å². The summed E-state index contributed by atoms with van der Waals surface area (Å²) < 4.78 is 22.6. The van der Waals surface area contributed by atoms with Crippen LogP contribution >= 0.6 is 0 Å². The predicted octanol–water partition coefficient (Wildman–Crippen LogP) is 0.778. The molecule has 2 rings (SSSR count). The molecule has 0 saturated carbocycles. The van der Waals surface area contributed by atoms with Gasteiger partial charge in [0.25, 0.3) is 0 Å². The molecular formula is C14H20N2O3S. The highest BCUT2D eigenvalue weighted by Gasteiger charge is 2.32. The van der Waals surface area contributed by atoms with Crippen molar-refractivity contribution in [3.63, 3.8) is 0 Å². The number of hydrogen-bond donors (Lipinski definition) is 1. The summed E-state index contributed by atoms with van der Waals surface area (Å²) in [5.74, 6) is -0.0689. The second-order valence-corrected chi connectivity index (χ2v) is 7.62. The summed E-state index contributed by atoms with van der Waals surface area (Å²) in [5, 5.41) is 3.15. The summed E-state index contributed by atoms with van der Waals surface area (Å²) in [6, 6.07) is 6.06. The maximum absolute atomic E-state index is 11.9. The third-order valence-electron chi connectivity index (χ3n) is 3.50. The maximum atomic E-state index is 11.9. The first kappa shape index (κ1) is 15.0. The molecule has 0 bridgehead atoms. The Morgan fingerprint density at radius 2 is 2.05 bits per heavy atom. The molecule has 1 heterocycles. The zero-order chi connectivity index (χ0) is 14.9. The summed E-state index contributed by atoms with van der Waals surface area (Å²) in [5.41, 5.74) is 3.29. The Labute approximate surface area is 119 Å². The van der Waals surface area contributed by atoms with E-state index in [1.807, 2.05) is 26.0 Å². The van der Waals surface area contributed by atoms with Gasteiger partial charge in [0.05, 0.1) is 12.3 Å². The SMILES string of the molecule is Cc1ccc(C2NCC(=O)N2CCS(C)(=O)=O)c(C)c1. The van der Waals surface area contributed by atoms with Crippen molar-refractivity contribution >= 4 is 15.7 Å². The van der Waals surface area contributed by atoms with Gasteiger partial charge < -0.3 is 4.90 Å². The topological polar surface area (TPSA) is 66.5 Å². The van der Waals surface area contributed by atoms with Crippen LogP contribution in [0.3, 0.4) is 0 Å². The highest BCUT2D eigenvalue weighted by molar-refractivity contribution is 7.90. The van der Waals surface area contributed by atoms with Crippen molar-refractivity contribution in [2.75, 3.05) is 25.1 Å². The van der Waals surface area contributed by atoms with Crippen LogP contribution < -0.4 is 5.32 Å². The van der Waals surface area contributed by atoms with Gasteiger partial charge in [-0.3, -0.25) is 10.1 Å². The molecular weight excluding hydrogens is 276 g/mol. The van der Waals surface area contributed by atoms with Gasteiger partial charge in [0, 0.05) is 12.8 Å². The summed E-state index contributed by atoms with van der Waals surface area (Å²) in [6.07, 6.45) is 0.956. The third-order valence-corrected chi connectivity index (χ3v) is 4.43. The number of carbonyl (C=O) groups is 1. The summed E-state index contributed by atoms with van der Waals surface area (Å²) in [6.45, 7) is 4.50. The van der Waals surface area contributed by atoms with E-state index >= 15 is 0 Å².